The standard InChI is InChI=1S/C21H23ClN2O4S/c1-14(15-6-4-3-5-7-15)23-11-21(25)24(19-13-29(26,27)12-18(19)23)16-8-9-20(28-2)17(22)10-16/h3-10,14,18-19H,11-13H2,1-2H3/t14?,18-,19+/m0/s1. The fourth-order valence-corrected chi connectivity index (χ4v) is 6.61. The van der Waals surface area contributed by atoms with Crippen molar-refractivity contribution in [3.63, 3.8) is 0 Å². The van der Waals surface area contributed by atoms with Crippen LogP contribution in [0.1, 0.15) is 18.5 Å². The Bertz CT molecular complexity index is 1030. The van der Waals surface area contributed by atoms with Gasteiger partial charge in [0.05, 0.1) is 36.2 Å². The molecule has 154 valence electrons. The predicted molar refractivity (Wildman–Crippen MR) is 113 cm³/mol. The highest BCUT2D eigenvalue weighted by molar-refractivity contribution is 7.91. The molecule has 29 heavy (non-hydrogen) atoms. The van der Waals surface area contributed by atoms with Gasteiger partial charge in [0.2, 0.25) is 5.91 Å². The summed E-state index contributed by atoms with van der Waals surface area (Å²) < 4.78 is 30.3. The molecule has 2 fully saturated rings. The first kappa shape index (κ1) is 20.2. The van der Waals surface area contributed by atoms with Gasteiger partial charge in [-0.05, 0) is 30.7 Å². The minimum absolute atomic E-state index is 0.0442. The highest BCUT2D eigenvalue weighted by atomic mass is 35.5. The van der Waals surface area contributed by atoms with Crippen LogP contribution in [0.15, 0.2) is 48.5 Å². The van der Waals surface area contributed by atoms with Crippen molar-refractivity contribution in [3.8, 4) is 5.75 Å². The van der Waals surface area contributed by atoms with Crippen LogP contribution in [0.5, 0.6) is 5.75 Å². The molecule has 0 aromatic heterocycles. The van der Waals surface area contributed by atoms with Crippen molar-refractivity contribution in [2.24, 2.45) is 0 Å². The maximum Gasteiger partial charge on any atom is 0.241 e. The van der Waals surface area contributed by atoms with Crippen LogP contribution >= 0.6 is 11.6 Å². The molecule has 0 N–H and O–H groups in total. The molecular formula is C21H23ClN2O4S. The Morgan fingerprint density at radius 3 is 2.45 bits per heavy atom. The van der Waals surface area contributed by atoms with E-state index in [4.69, 9.17) is 16.3 Å². The first-order valence-corrected chi connectivity index (χ1v) is 11.7. The van der Waals surface area contributed by atoms with Crippen LogP contribution < -0.4 is 9.64 Å². The van der Waals surface area contributed by atoms with E-state index in [0.717, 1.165) is 5.56 Å². The van der Waals surface area contributed by atoms with E-state index >= 15 is 0 Å². The smallest absolute Gasteiger partial charge is 0.241 e. The summed E-state index contributed by atoms with van der Waals surface area (Å²) in [7, 11) is -1.73. The zero-order chi connectivity index (χ0) is 20.8. The molecule has 2 aromatic rings. The molecular weight excluding hydrogens is 412 g/mol. The number of nitrogens with zero attached hydrogens (tertiary/aromatic N) is 2. The van der Waals surface area contributed by atoms with Crippen LogP contribution in [0.2, 0.25) is 5.02 Å². The molecule has 0 spiro atoms. The largest absolute Gasteiger partial charge is 0.495 e. The van der Waals surface area contributed by atoms with Crippen molar-refractivity contribution in [1.82, 2.24) is 4.90 Å². The minimum Gasteiger partial charge on any atom is -0.495 e. The second-order valence-electron chi connectivity index (χ2n) is 7.55. The molecule has 8 heteroatoms. The highest BCUT2D eigenvalue weighted by Crippen LogP contribution is 2.38. The quantitative estimate of drug-likeness (QED) is 0.740. The second-order valence-corrected chi connectivity index (χ2v) is 10.1. The Balaban J connectivity index is 1.71. The van der Waals surface area contributed by atoms with Crippen molar-refractivity contribution in [3.05, 3.63) is 59.1 Å². The Kier molecular flexibility index (Phi) is 5.31. The number of benzene rings is 2. The van der Waals surface area contributed by atoms with Gasteiger partial charge >= 0.3 is 0 Å². The lowest BCUT2D eigenvalue weighted by molar-refractivity contribution is -0.124. The Labute approximate surface area is 175 Å². The second kappa shape index (κ2) is 7.63. The number of halogens is 1. The summed E-state index contributed by atoms with van der Waals surface area (Å²) in [5, 5.41) is 0.385. The van der Waals surface area contributed by atoms with Crippen molar-refractivity contribution in [2.75, 3.05) is 30.1 Å². The number of sulfone groups is 1. The average molecular weight is 435 g/mol. The zero-order valence-electron chi connectivity index (χ0n) is 16.3. The molecule has 1 unspecified atom stereocenters. The van der Waals surface area contributed by atoms with Gasteiger partial charge in [-0.3, -0.25) is 9.69 Å². The summed E-state index contributed by atoms with van der Waals surface area (Å²) in [5.74, 6) is 0.371. The lowest BCUT2D eigenvalue weighted by Gasteiger charge is -2.46. The summed E-state index contributed by atoms with van der Waals surface area (Å²) in [4.78, 5) is 16.8. The van der Waals surface area contributed by atoms with E-state index in [1.165, 1.54) is 7.11 Å². The van der Waals surface area contributed by atoms with Crippen LogP contribution in [0, 0.1) is 0 Å². The number of anilines is 1. The molecule has 1 amide bonds. The number of hydrogen-bond donors (Lipinski definition) is 0. The number of piperazine rings is 1. The van der Waals surface area contributed by atoms with Gasteiger partial charge in [0.1, 0.15) is 5.75 Å². The summed E-state index contributed by atoms with van der Waals surface area (Å²) in [6.07, 6.45) is 0. The first-order chi connectivity index (χ1) is 13.8. The number of carbonyl (C=O) groups excluding carboxylic acids is 1. The molecule has 6 nitrogen and oxygen atoms in total. The van der Waals surface area contributed by atoms with Crippen LogP contribution in [-0.2, 0) is 14.6 Å². The summed E-state index contributed by atoms with van der Waals surface area (Å²) in [5.41, 5.74) is 1.66. The molecule has 0 aliphatic carbocycles. The van der Waals surface area contributed by atoms with Gasteiger partial charge in [0, 0.05) is 17.8 Å². The Morgan fingerprint density at radius 1 is 1.10 bits per heavy atom. The molecule has 2 aromatic carbocycles. The van der Waals surface area contributed by atoms with Crippen molar-refractivity contribution in [1.29, 1.82) is 0 Å². The van der Waals surface area contributed by atoms with Crippen LogP contribution in [-0.4, -0.2) is 56.5 Å². The van der Waals surface area contributed by atoms with E-state index in [-0.39, 0.29) is 36.0 Å². The van der Waals surface area contributed by atoms with E-state index < -0.39 is 15.9 Å². The lowest BCUT2D eigenvalue weighted by atomic mass is 9.98. The summed E-state index contributed by atoms with van der Waals surface area (Å²) in [6.45, 7) is 2.17. The van der Waals surface area contributed by atoms with Gasteiger partial charge in [-0.15, -0.1) is 0 Å². The van der Waals surface area contributed by atoms with Gasteiger partial charge in [-0.25, -0.2) is 8.42 Å². The third-order valence-corrected chi connectivity index (χ3v) is 7.82. The Morgan fingerprint density at radius 2 is 1.79 bits per heavy atom. The maximum atomic E-state index is 13.2. The number of ether oxygens (including phenoxy) is 1. The molecule has 2 saturated heterocycles. The molecule has 2 heterocycles. The number of hydrogen-bond acceptors (Lipinski definition) is 5. The topological polar surface area (TPSA) is 66.9 Å². The van der Waals surface area contributed by atoms with Crippen molar-refractivity contribution in [2.45, 2.75) is 25.0 Å². The van der Waals surface area contributed by atoms with Crippen LogP contribution in [0.4, 0.5) is 5.69 Å². The molecule has 0 bridgehead atoms. The SMILES string of the molecule is COc1ccc(N2C(=O)CN(C(C)c3ccccc3)[C@H]3CS(=O)(=O)C[C@H]32)cc1Cl. The van der Waals surface area contributed by atoms with Gasteiger partial charge in [-0.2, -0.15) is 0 Å². The fourth-order valence-electron chi connectivity index (χ4n) is 4.40. The normalized spacial score (nSPS) is 24.9. The molecule has 3 atom stereocenters. The number of methoxy groups -OCH3 is 1. The van der Waals surface area contributed by atoms with Crippen molar-refractivity contribution < 1.29 is 17.9 Å². The number of carbonyl (C=O) groups is 1. The van der Waals surface area contributed by atoms with Gasteiger partial charge in [0.15, 0.2) is 9.84 Å². The number of rotatable bonds is 4. The van der Waals surface area contributed by atoms with E-state index in [2.05, 4.69) is 0 Å². The molecule has 2 aliphatic rings. The monoisotopic (exact) mass is 434 g/mol. The lowest BCUT2D eigenvalue weighted by Crippen LogP contribution is -2.62. The third kappa shape index (κ3) is 3.74. The maximum absolute atomic E-state index is 13.2. The summed E-state index contributed by atoms with van der Waals surface area (Å²) in [6, 6.07) is 14.2. The zero-order valence-corrected chi connectivity index (χ0v) is 17.9. The van der Waals surface area contributed by atoms with Gasteiger partial charge < -0.3 is 9.64 Å². The van der Waals surface area contributed by atoms with Gasteiger partial charge in [0.25, 0.3) is 0 Å². The fraction of sp³-hybridized carbons (Fsp3) is 0.381. The molecule has 4 rings (SSSR count). The van der Waals surface area contributed by atoms with Crippen LogP contribution in [0.25, 0.3) is 0 Å². The molecule has 2 aliphatic heterocycles. The van der Waals surface area contributed by atoms with Gasteiger partial charge in [-0.1, -0.05) is 41.9 Å². The van der Waals surface area contributed by atoms with Crippen LogP contribution in [0.3, 0.4) is 0 Å². The molecule has 0 radical (unpaired) electrons. The number of amides is 1. The predicted octanol–water partition coefficient (Wildman–Crippen LogP) is 2.92. The highest BCUT2D eigenvalue weighted by Gasteiger charge is 2.51. The third-order valence-electron chi connectivity index (χ3n) is 5.83. The van der Waals surface area contributed by atoms with E-state index in [9.17, 15) is 13.2 Å². The summed E-state index contributed by atoms with van der Waals surface area (Å²) >= 11 is 6.26. The minimum atomic E-state index is -3.26. The first-order valence-electron chi connectivity index (χ1n) is 9.47. The van der Waals surface area contributed by atoms with Crippen molar-refractivity contribution >= 4 is 33.0 Å². The number of fused-ring (bicyclic) bond motifs is 1. The Hall–Kier alpha value is -2.09. The van der Waals surface area contributed by atoms with E-state index in [1.54, 1.807) is 23.1 Å². The molecule has 0 saturated carbocycles. The van der Waals surface area contributed by atoms with E-state index in [1.807, 2.05) is 42.2 Å². The average Bonchev–Trinajstić information content (AvgIpc) is 3.02. The van der Waals surface area contributed by atoms with E-state index in [0.29, 0.717) is 16.5 Å².